The van der Waals surface area contributed by atoms with Gasteiger partial charge in [-0.3, -0.25) is 0 Å². The van der Waals surface area contributed by atoms with E-state index >= 15 is 0 Å². The van der Waals surface area contributed by atoms with Crippen LogP contribution in [0.15, 0.2) is 0 Å². The van der Waals surface area contributed by atoms with E-state index in [1.165, 1.54) is 32.4 Å². The van der Waals surface area contributed by atoms with Gasteiger partial charge in [-0.15, -0.1) is 0 Å². The van der Waals surface area contributed by atoms with E-state index in [-0.39, 0.29) is 13.9 Å². The van der Waals surface area contributed by atoms with Gasteiger partial charge in [-0.05, 0) is 25.9 Å². The molecule has 1 aliphatic heterocycles. The van der Waals surface area contributed by atoms with Crippen molar-refractivity contribution in [3.05, 3.63) is 0 Å². The molecule has 0 aliphatic carbocycles. The maximum absolute atomic E-state index is 3.28. The zero-order chi connectivity index (χ0) is 4.24. The summed E-state index contributed by atoms with van der Waals surface area (Å²) in [6.07, 6.45) is 4.22. The van der Waals surface area contributed by atoms with Gasteiger partial charge in [0.15, 0.2) is 0 Å². The van der Waals surface area contributed by atoms with Crippen molar-refractivity contribution < 1.29 is 5.48 Å². The predicted octanol–water partition coefficient (Wildman–Crippen LogP) is -1.25. The number of hydrogen-bond acceptors (Lipinski definition) is 1. The average Bonchev–Trinajstić information content (AvgIpc) is 1.72. The van der Waals surface area contributed by atoms with Crippen LogP contribution in [0.5, 0.6) is 0 Å². The standard InChI is InChI=1S/C5H11N.BH3.H2O/c1-2-4-6-5-3-1;;/h6H,1-5H2;1H3;1H2. The Hall–Kier alpha value is -0.0151. The van der Waals surface area contributed by atoms with Crippen molar-refractivity contribution in [1.82, 2.24) is 5.32 Å². The molecule has 2 nitrogen and oxygen atoms in total. The fourth-order valence-electron chi connectivity index (χ4n) is 0.802. The minimum Gasteiger partial charge on any atom is -0.412 e. The van der Waals surface area contributed by atoms with Crippen molar-refractivity contribution in [3.8, 4) is 0 Å². The summed E-state index contributed by atoms with van der Waals surface area (Å²) >= 11 is 0. The molecule has 1 aliphatic rings. The molecular weight excluding hydrogens is 101 g/mol. The van der Waals surface area contributed by atoms with Gasteiger partial charge >= 0.3 is 0 Å². The zero-order valence-electron chi connectivity index (χ0n) is 4.54. The molecule has 3 heteroatoms. The molecule has 0 atom stereocenters. The van der Waals surface area contributed by atoms with Crippen LogP contribution in [0.2, 0.25) is 0 Å². The molecule has 0 amide bonds. The summed E-state index contributed by atoms with van der Waals surface area (Å²) in [5.74, 6) is 0. The summed E-state index contributed by atoms with van der Waals surface area (Å²) in [6, 6.07) is 0. The Morgan fingerprint density at radius 2 is 1.38 bits per heavy atom. The molecule has 0 saturated carbocycles. The summed E-state index contributed by atoms with van der Waals surface area (Å²) in [6.45, 7) is 2.50. The number of piperidine rings is 1. The van der Waals surface area contributed by atoms with Crippen LogP contribution in [0.4, 0.5) is 0 Å². The molecule has 50 valence electrons. The van der Waals surface area contributed by atoms with Crippen molar-refractivity contribution >= 4 is 8.41 Å². The molecule has 8 heavy (non-hydrogen) atoms. The molecule has 0 aromatic carbocycles. The van der Waals surface area contributed by atoms with E-state index in [1.807, 2.05) is 0 Å². The van der Waals surface area contributed by atoms with E-state index in [0.717, 1.165) is 0 Å². The summed E-state index contributed by atoms with van der Waals surface area (Å²) in [4.78, 5) is 0. The number of nitrogens with one attached hydrogen (secondary N) is 1. The van der Waals surface area contributed by atoms with Gasteiger partial charge < -0.3 is 10.8 Å². The molecule has 0 aromatic rings. The molecule has 3 N–H and O–H groups in total. The number of rotatable bonds is 0. The van der Waals surface area contributed by atoms with E-state index in [0.29, 0.717) is 0 Å². The second kappa shape index (κ2) is 6.98. The monoisotopic (exact) mass is 117 g/mol. The fraction of sp³-hybridized carbons (Fsp3) is 1.00. The summed E-state index contributed by atoms with van der Waals surface area (Å²) in [5.41, 5.74) is 0. The second-order valence-electron chi connectivity index (χ2n) is 1.81. The largest absolute Gasteiger partial charge is 0.412 e. The van der Waals surface area contributed by atoms with E-state index in [1.54, 1.807) is 0 Å². The smallest absolute Gasteiger partial charge is 0.0814 e. The summed E-state index contributed by atoms with van der Waals surface area (Å²) in [7, 11) is 0. The second-order valence-corrected chi connectivity index (χ2v) is 1.81. The maximum Gasteiger partial charge on any atom is 0.0814 e. The van der Waals surface area contributed by atoms with E-state index in [4.69, 9.17) is 0 Å². The molecule has 0 radical (unpaired) electrons. The first-order chi connectivity index (χ1) is 3.00. The van der Waals surface area contributed by atoms with Crippen molar-refractivity contribution in [2.75, 3.05) is 13.1 Å². The molecule has 1 heterocycles. The van der Waals surface area contributed by atoms with Crippen molar-refractivity contribution in [2.24, 2.45) is 0 Å². The molecule has 1 saturated heterocycles. The highest BCUT2D eigenvalue weighted by Gasteiger charge is 1.93. The third-order valence-corrected chi connectivity index (χ3v) is 1.21. The van der Waals surface area contributed by atoms with E-state index < -0.39 is 0 Å². The van der Waals surface area contributed by atoms with Crippen LogP contribution in [-0.4, -0.2) is 27.0 Å². The van der Waals surface area contributed by atoms with Gasteiger partial charge in [-0.25, -0.2) is 0 Å². The van der Waals surface area contributed by atoms with Crippen LogP contribution < -0.4 is 5.32 Å². The third kappa shape index (κ3) is 4.15. The van der Waals surface area contributed by atoms with Crippen LogP contribution in [0.3, 0.4) is 0 Å². The predicted molar refractivity (Wildman–Crippen MR) is 40.3 cm³/mol. The summed E-state index contributed by atoms with van der Waals surface area (Å²) in [5, 5.41) is 3.28. The highest BCUT2D eigenvalue weighted by Crippen LogP contribution is 1.96. The maximum atomic E-state index is 3.28. The molecule has 0 bridgehead atoms. The van der Waals surface area contributed by atoms with Crippen LogP contribution in [0.25, 0.3) is 0 Å². The zero-order valence-corrected chi connectivity index (χ0v) is 4.54. The quantitative estimate of drug-likeness (QED) is 0.396. The van der Waals surface area contributed by atoms with Gasteiger partial charge in [-0.2, -0.15) is 0 Å². The van der Waals surface area contributed by atoms with Gasteiger partial charge in [0.05, 0.1) is 8.41 Å². The van der Waals surface area contributed by atoms with E-state index in [2.05, 4.69) is 5.32 Å². The van der Waals surface area contributed by atoms with Crippen molar-refractivity contribution in [3.63, 3.8) is 0 Å². The third-order valence-electron chi connectivity index (χ3n) is 1.21. The number of hydrogen-bond donors (Lipinski definition) is 1. The Labute approximate surface area is 52.5 Å². The summed E-state index contributed by atoms with van der Waals surface area (Å²) < 4.78 is 0. The topological polar surface area (TPSA) is 43.5 Å². The first-order valence-corrected chi connectivity index (χ1v) is 2.71. The van der Waals surface area contributed by atoms with Gasteiger partial charge in [0.1, 0.15) is 0 Å². The van der Waals surface area contributed by atoms with Crippen LogP contribution >= 0.6 is 0 Å². The highest BCUT2D eigenvalue weighted by molar-refractivity contribution is 5.75. The van der Waals surface area contributed by atoms with Gasteiger partial charge in [-0.1, -0.05) is 6.42 Å². The lowest BCUT2D eigenvalue weighted by molar-refractivity contribution is 0.520. The highest BCUT2D eigenvalue weighted by atomic mass is 16.0. The Morgan fingerprint density at radius 1 is 0.875 bits per heavy atom. The lowest BCUT2D eigenvalue weighted by Gasteiger charge is -2.08. The first-order valence-electron chi connectivity index (χ1n) is 2.71. The normalized spacial score (nSPS) is 18.0. The minimum atomic E-state index is 0. The van der Waals surface area contributed by atoms with Crippen LogP contribution in [0.1, 0.15) is 19.3 Å². The van der Waals surface area contributed by atoms with Gasteiger partial charge in [0.2, 0.25) is 0 Å². The van der Waals surface area contributed by atoms with Crippen molar-refractivity contribution in [1.29, 1.82) is 0 Å². The van der Waals surface area contributed by atoms with Crippen molar-refractivity contribution in [2.45, 2.75) is 19.3 Å². The van der Waals surface area contributed by atoms with Gasteiger partial charge in [0, 0.05) is 0 Å². The Kier molecular flexibility index (Phi) is 9.50. The SMILES string of the molecule is B.C1CCNCC1.O. The fourth-order valence-corrected chi connectivity index (χ4v) is 0.802. The lowest BCUT2D eigenvalue weighted by Crippen LogP contribution is -2.21. The Bertz CT molecular complexity index is 27.9. The van der Waals surface area contributed by atoms with Crippen LogP contribution in [-0.2, 0) is 0 Å². The van der Waals surface area contributed by atoms with Crippen LogP contribution in [0, 0.1) is 0 Å². The Morgan fingerprint density at radius 3 is 1.50 bits per heavy atom. The van der Waals surface area contributed by atoms with Gasteiger partial charge in [0.25, 0.3) is 0 Å². The molecular formula is C5H16BNO. The van der Waals surface area contributed by atoms with E-state index in [9.17, 15) is 0 Å². The minimum absolute atomic E-state index is 0. The molecule has 1 fully saturated rings. The lowest BCUT2D eigenvalue weighted by atomic mass is 10.2. The average molecular weight is 117 g/mol. The molecule has 0 spiro atoms. The first kappa shape index (κ1) is 10.9. The molecule has 0 aromatic heterocycles. The Balaban J connectivity index is 0. The molecule has 0 unspecified atom stereocenters. The molecule has 1 rings (SSSR count).